The Bertz CT molecular complexity index is 599. The van der Waals surface area contributed by atoms with E-state index < -0.39 is 10.2 Å². The number of carbonyl (C=O) groups excluding carboxylic acids is 1. The van der Waals surface area contributed by atoms with Crippen LogP contribution in [0, 0.1) is 0 Å². The Kier molecular flexibility index (Phi) is 6.13. The summed E-state index contributed by atoms with van der Waals surface area (Å²) in [7, 11) is 1.02. The molecule has 21 heavy (non-hydrogen) atoms. The summed E-state index contributed by atoms with van der Waals surface area (Å²) < 4.78 is 32.0. The molecule has 1 aromatic rings. The van der Waals surface area contributed by atoms with Gasteiger partial charge in [-0.3, -0.25) is 4.79 Å². The maximum Gasteiger partial charge on any atom is 0.278 e. The number of rotatable bonds is 7. The molecule has 1 rings (SSSR count). The van der Waals surface area contributed by atoms with Crippen molar-refractivity contribution in [3.63, 3.8) is 0 Å². The number of hydrogen-bond donors (Lipinski definition) is 2. The van der Waals surface area contributed by atoms with Crippen molar-refractivity contribution in [3.8, 4) is 5.75 Å². The number of carbonyl (C=O) groups is 1. The average molecular weight is 315 g/mol. The molecule has 0 fully saturated rings. The van der Waals surface area contributed by atoms with E-state index in [9.17, 15) is 13.2 Å². The molecule has 0 aliphatic rings. The monoisotopic (exact) mass is 315 g/mol. The summed E-state index contributed by atoms with van der Waals surface area (Å²) in [6, 6.07) is 5.24. The van der Waals surface area contributed by atoms with Crippen molar-refractivity contribution in [2.24, 2.45) is 0 Å². The van der Waals surface area contributed by atoms with Crippen molar-refractivity contribution in [1.82, 2.24) is 9.03 Å². The molecule has 1 aromatic carbocycles. The fourth-order valence-electron chi connectivity index (χ4n) is 1.70. The third kappa shape index (κ3) is 5.33. The lowest BCUT2D eigenvalue weighted by molar-refractivity contribution is -0.114. The summed E-state index contributed by atoms with van der Waals surface area (Å²) in [5, 5.41) is 2.68. The average Bonchev–Trinajstić information content (AvgIpc) is 2.38. The second kappa shape index (κ2) is 7.39. The predicted molar refractivity (Wildman–Crippen MR) is 81.6 cm³/mol. The van der Waals surface area contributed by atoms with Crippen LogP contribution in [-0.4, -0.2) is 46.4 Å². The van der Waals surface area contributed by atoms with E-state index in [1.54, 1.807) is 25.3 Å². The standard InChI is InChI=1S/C13H21N3O4S/c1-10(17)15-12-5-6-13(20-4)11(9-12)7-8-14-21(18,19)16(2)3/h5-6,9,14H,7-8H2,1-4H3,(H,15,17). The lowest BCUT2D eigenvalue weighted by Gasteiger charge is -2.14. The van der Waals surface area contributed by atoms with Gasteiger partial charge in [0.15, 0.2) is 0 Å². The van der Waals surface area contributed by atoms with Crippen molar-refractivity contribution < 1.29 is 17.9 Å². The molecule has 0 saturated carbocycles. The van der Waals surface area contributed by atoms with Crippen LogP contribution in [0.3, 0.4) is 0 Å². The largest absolute Gasteiger partial charge is 0.496 e. The number of nitrogens with zero attached hydrogens (tertiary/aromatic N) is 1. The third-order valence-electron chi connectivity index (χ3n) is 2.76. The molecule has 0 bridgehead atoms. The van der Waals surface area contributed by atoms with Gasteiger partial charge in [0, 0.05) is 33.3 Å². The summed E-state index contributed by atoms with van der Waals surface area (Å²) in [5.41, 5.74) is 1.46. The van der Waals surface area contributed by atoms with Crippen LogP contribution < -0.4 is 14.8 Å². The highest BCUT2D eigenvalue weighted by molar-refractivity contribution is 7.87. The van der Waals surface area contributed by atoms with Gasteiger partial charge in [-0.25, -0.2) is 4.72 Å². The maximum atomic E-state index is 11.6. The number of methoxy groups -OCH3 is 1. The fraction of sp³-hybridized carbons (Fsp3) is 0.462. The first-order valence-corrected chi connectivity index (χ1v) is 7.82. The van der Waals surface area contributed by atoms with Crippen molar-refractivity contribution in [2.75, 3.05) is 33.1 Å². The number of benzene rings is 1. The molecule has 0 spiro atoms. The maximum absolute atomic E-state index is 11.6. The molecule has 0 saturated heterocycles. The van der Waals surface area contributed by atoms with Crippen molar-refractivity contribution in [2.45, 2.75) is 13.3 Å². The highest BCUT2D eigenvalue weighted by Crippen LogP contribution is 2.23. The van der Waals surface area contributed by atoms with Gasteiger partial charge >= 0.3 is 0 Å². The third-order valence-corrected chi connectivity index (χ3v) is 4.29. The SMILES string of the molecule is COc1ccc(NC(C)=O)cc1CCNS(=O)(=O)N(C)C. The zero-order valence-corrected chi connectivity index (χ0v) is 13.5. The molecular weight excluding hydrogens is 294 g/mol. The number of hydrogen-bond acceptors (Lipinski definition) is 4. The minimum absolute atomic E-state index is 0.167. The lowest BCUT2D eigenvalue weighted by Crippen LogP contribution is -2.36. The molecule has 0 atom stereocenters. The van der Waals surface area contributed by atoms with Crippen molar-refractivity contribution in [1.29, 1.82) is 0 Å². The van der Waals surface area contributed by atoms with E-state index in [1.165, 1.54) is 21.0 Å². The minimum Gasteiger partial charge on any atom is -0.496 e. The second-order valence-electron chi connectivity index (χ2n) is 4.64. The molecular formula is C13H21N3O4S. The van der Waals surface area contributed by atoms with Crippen molar-refractivity contribution >= 4 is 21.8 Å². The smallest absolute Gasteiger partial charge is 0.278 e. The predicted octanol–water partition coefficient (Wildman–Crippen LogP) is 0.592. The summed E-state index contributed by atoms with van der Waals surface area (Å²) in [5.74, 6) is 0.479. The van der Waals surface area contributed by atoms with Crippen LogP contribution in [0.1, 0.15) is 12.5 Å². The lowest BCUT2D eigenvalue weighted by atomic mass is 10.1. The van der Waals surface area contributed by atoms with E-state index in [4.69, 9.17) is 4.74 Å². The van der Waals surface area contributed by atoms with E-state index in [0.717, 1.165) is 9.87 Å². The van der Waals surface area contributed by atoms with Crippen molar-refractivity contribution in [3.05, 3.63) is 23.8 Å². The van der Waals surface area contributed by atoms with Gasteiger partial charge in [0.05, 0.1) is 7.11 Å². The normalized spacial score (nSPS) is 11.5. The Morgan fingerprint density at radius 1 is 1.33 bits per heavy atom. The number of nitrogens with one attached hydrogen (secondary N) is 2. The summed E-state index contributed by atoms with van der Waals surface area (Å²) in [6.07, 6.45) is 0.448. The Morgan fingerprint density at radius 3 is 2.52 bits per heavy atom. The molecule has 118 valence electrons. The summed E-state index contributed by atoms with van der Waals surface area (Å²) in [6.45, 7) is 1.66. The highest BCUT2D eigenvalue weighted by Gasteiger charge is 2.13. The molecule has 2 N–H and O–H groups in total. The van der Waals surface area contributed by atoms with Gasteiger partial charge in [-0.2, -0.15) is 12.7 Å². The summed E-state index contributed by atoms with van der Waals surface area (Å²) in [4.78, 5) is 11.1. The molecule has 0 aliphatic heterocycles. The van der Waals surface area contributed by atoms with Crippen LogP contribution in [-0.2, 0) is 21.4 Å². The zero-order valence-electron chi connectivity index (χ0n) is 12.6. The molecule has 7 nitrogen and oxygen atoms in total. The molecule has 0 unspecified atom stereocenters. The number of ether oxygens (including phenoxy) is 1. The van der Waals surface area contributed by atoms with Crippen LogP contribution in [0.5, 0.6) is 5.75 Å². The van der Waals surface area contributed by atoms with Gasteiger partial charge in [-0.15, -0.1) is 0 Å². The number of amides is 1. The Balaban J connectivity index is 2.79. The first-order valence-electron chi connectivity index (χ1n) is 6.38. The first-order chi connectivity index (χ1) is 9.76. The van der Waals surface area contributed by atoms with Gasteiger partial charge in [0.2, 0.25) is 5.91 Å². The number of anilines is 1. The molecule has 1 amide bonds. The van der Waals surface area contributed by atoms with Crippen LogP contribution in [0.4, 0.5) is 5.69 Å². The van der Waals surface area contributed by atoms with E-state index >= 15 is 0 Å². The topological polar surface area (TPSA) is 87.7 Å². The van der Waals surface area contributed by atoms with E-state index in [2.05, 4.69) is 10.0 Å². The van der Waals surface area contributed by atoms with Gasteiger partial charge < -0.3 is 10.1 Å². The van der Waals surface area contributed by atoms with Crippen LogP contribution in [0.2, 0.25) is 0 Å². The zero-order chi connectivity index (χ0) is 16.0. The van der Waals surface area contributed by atoms with Gasteiger partial charge in [-0.1, -0.05) is 0 Å². The van der Waals surface area contributed by atoms with Crippen LogP contribution in [0.15, 0.2) is 18.2 Å². The quantitative estimate of drug-likeness (QED) is 0.771. The van der Waals surface area contributed by atoms with E-state index in [0.29, 0.717) is 17.9 Å². The Labute approximate surface area is 125 Å². The first kappa shape index (κ1) is 17.4. The van der Waals surface area contributed by atoms with E-state index in [-0.39, 0.29) is 12.5 Å². The second-order valence-corrected chi connectivity index (χ2v) is 6.61. The molecule has 0 aliphatic carbocycles. The Morgan fingerprint density at radius 2 is 2.00 bits per heavy atom. The molecule has 0 radical (unpaired) electrons. The van der Waals surface area contributed by atoms with E-state index in [1.807, 2.05) is 0 Å². The summed E-state index contributed by atoms with van der Waals surface area (Å²) >= 11 is 0. The Hall–Kier alpha value is -1.64. The van der Waals surface area contributed by atoms with Gasteiger partial charge in [0.25, 0.3) is 10.2 Å². The molecule has 0 aromatic heterocycles. The minimum atomic E-state index is -3.44. The van der Waals surface area contributed by atoms with Gasteiger partial charge in [-0.05, 0) is 30.2 Å². The fourth-order valence-corrected chi connectivity index (χ4v) is 2.32. The van der Waals surface area contributed by atoms with Crippen LogP contribution >= 0.6 is 0 Å². The van der Waals surface area contributed by atoms with Crippen LogP contribution in [0.25, 0.3) is 0 Å². The highest BCUT2D eigenvalue weighted by atomic mass is 32.2. The van der Waals surface area contributed by atoms with Gasteiger partial charge in [0.1, 0.15) is 5.75 Å². The molecule has 0 heterocycles. The molecule has 8 heteroatoms.